The first-order valence-corrected chi connectivity index (χ1v) is 19.9. The molecule has 1 N–H and O–H groups in total. The molecule has 2 aliphatic carbocycles. The molecular weight excluding hydrogens is 695 g/mol. The molecule has 11 rings (SSSR count). The third-order valence-electron chi connectivity index (χ3n) is 11.9. The van der Waals surface area contributed by atoms with Gasteiger partial charge in [-0.1, -0.05) is 127 Å². The van der Waals surface area contributed by atoms with Gasteiger partial charge >= 0.3 is 0 Å². The standard InChI is InChI=1S/C54H39NO2/c1-2-10-36(11-3-1)37-20-22-38(23-21-37)39-24-30-42(31-25-39)55(43-32-26-40(27-33-43)45-14-8-16-49-47-12-4-6-18-51(47)56-53(45)49)44-34-28-41(29-35-44)46-15-9-17-50-48-13-5-7-19-52(48)57-54(46)50/h1-4,6-12,14-35,46,54H,5,13H2/p+1. The maximum atomic E-state index is 6.58. The zero-order valence-corrected chi connectivity index (χ0v) is 31.4. The van der Waals surface area contributed by atoms with Crippen molar-refractivity contribution in [1.29, 1.82) is 0 Å². The molecule has 57 heavy (non-hydrogen) atoms. The van der Waals surface area contributed by atoms with Crippen LogP contribution in [-0.2, 0) is 4.74 Å². The summed E-state index contributed by atoms with van der Waals surface area (Å²) in [6.07, 6.45) is 13.3. The van der Waals surface area contributed by atoms with Gasteiger partial charge in [0.25, 0.3) is 0 Å². The van der Waals surface area contributed by atoms with Crippen LogP contribution in [0, 0.1) is 0 Å². The van der Waals surface area contributed by atoms with E-state index in [1.54, 1.807) is 0 Å². The predicted molar refractivity (Wildman–Crippen MR) is 233 cm³/mol. The number of hydrogen-bond acceptors (Lipinski definition) is 2. The van der Waals surface area contributed by atoms with Crippen LogP contribution in [0.2, 0.25) is 0 Å². The van der Waals surface area contributed by atoms with Crippen molar-refractivity contribution in [3.63, 3.8) is 0 Å². The normalized spacial score (nSPS) is 17.6. The van der Waals surface area contributed by atoms with Gasteiger partial charge in [-0.05, 0) is 82.6 Å². The molecule has 3 unspecified atom stereocenters. The molecule has 0 spiro atoms. The Kier molecular flexibility index (Phi) is 8.19. The Balaban J connectivity index is 0.936. The summed E-state index contributed by atoms with van der Waals surface area (Å²) < 4.78 is 13.0. The monoisotopic (exact) mass is 734 g/mol. The Morgan fingerprint density at radius 2 is 1.12 bits per heavy atom. The molecule has 0 radical (unpaired) electrons. The predicted octanol–water partition coefficient (Wildman–Crippen LogP) is 13.3. The molecule has 7 aromatic carbocycles. The van der Waals surface area contributed by atoms with Crippen LogP contribution in [0.4, 0.5) is 17.1 Å². The lowest BCUT2D eigenvalue weighted by Crippen LogP contribution is -2.96. The van der Waals surface area contributed by atoms with Crippen LogP contribution in [0.5, 0.6) is 0 Å². The number of nitrogens with one attached hydrogen (secondary N) is 1. The van der Waals surface area contributed by atoms with Crippen molar-refractivity contribution in [3.8, 4) is 33.4 Å². The summed E-state index contributed by atoms with van der Waals surface area (Å²) in [6, 6.07) is 61.3. The minimum atomic E-state index is 0.0232. The summed E-state index contributed by atoms with van der Waals surface area (Å²) in [4.78, 5) is 1.19. The third-order valence-corrected chi connectivity index (χ3v) is 11.9. The first-order valence-electron chi connectivity index (χ1n) is 19.9. The van der Waals surface area contributed by atoms with Gasteiger partial charge in [-0.3, -0.25) is 0 Å². The van der Waals surface area contributed by atoms with Gasteiger partial charge < -0.3 is 9.15 Å². The van der Waals surface area contributed by atoms with Crippen LogP contribution < -0.4 is 4.90 Å². The molecule has 1 aromatic heterocycles. The van der Waals surface area contributed by atoms with E-state index in [-0.39, 0.29) is 12.0 Å². The van der Waals surface area contributed by atoms with E-state index in [4.69, 9.17) is 9.15 Å². The molecule has 8 aromatic rings. The molecule has 272 valence electrons. The van der Waals surface area contributed by atoms with E-state index in [1.165, 1.54) is 55.2 Å². The second-order valence-corrected chi connectivity index (χ2v) is 15.2. The molecule has 3 heteroatoms. The number of furan rings is 1. The number of benzene rings is 7. The molecule has 0 fully saturated rings. The van der Waals surface area contributed by atoms with Crippen LogP contribution in [-0.4, -0.2) is 6.10 Å². The molecule has 3 aliphatic rings. The van der Waals surface area contributed by atoms with E-state index < -0.39 is 0 Å². The maximum absolute atomic E-state index is 6.58. The zero-order valence-electron chi connectivity index (χ0n) is 31.4. The van der Waals surface area contributed by atoms with E-state index in [1.807, 2.05) is 12.1 Å². The van der Waals surface area contributed by atoms with Crippen LogP contribution in [0.1, 0.15) is 24.3 Å². The summed E-state index contributed by atoms with van der Waals surface area (Å²) >= 11 is 0. The average molecular weight is 735 g/mol. The Hall–Kier alpha value is -6.94. The van der Waals surface area contributed by atoms with Gasteiger partial charge in [-0.15, -0.1) is 0 Å². The number of fused-ring (bicyclic) bond motifs is 5. The summed E-state index contributed by atoms with van der Waals surface area (Å²) in [5, 5.41) is 2.28. The number of rotatable bonds is 7. The van der Waals surface area contributed by atoms with Gasteiger partial charge in [0.2, 0.25) is 0 Å². The SMILES string of the molecule is C1=CC(c2ccc([NH+](c3ccc(-c4ccc(-c5ccccc5)cc4)cc3)c3ccc(-c4cccc5c4oc4ccccc45)cc3)cc2)C2OC3=C(CCC=C3)C2=C1. The maximum Gasteiger partial charge on any atom is 0.143 e. The first-order chi connectivity index (χ1) is 28.2. The fourth-order valence-corrected chi connectivity index (χ4v) is 9.02. The molecule has 3 nitrogen and oxygen atoms in total. The average Bonchev–Trinajstić information content (AvgIpc) is 3.87. The summed E-state index contributed by atoms with van der Waals surface area (Å²) in [5.74, 6) is 1.21. The minimum Gasteiger partial charge on any atom is -0.484 e. The number of allylic oxidation sites excluding steroid dienone is 4. The molecule has 0 saturated heterocycles. The van der Waals surface area contributed by atoms with Crippen LogP contribution in [0.15, 0.2) is 222 Å². The number of hydrogen-bond donors (Lipinski definition) is 1. The summed E-state index contributed by atoms with van der Waals surface area (Å²) in [7, 11) is 0. The number of quaternary nitrogens is 1. The molecule has 3 atom stereocenters. The third kappa shape index (κ3) is 5.96. The Bertz CT molecular complexity index is 2890. The van der Waals surface area contributed by atoms with E-state index in [0.717, 1.165) is 57.4 Å². The van der Waals surface area contributed by atoms with Crippen molar-refractivity contribution in [2.75, 3.05) is 0 Å². The molecule has 0 amide bonds. The highest BCUT2D eigenvalue weighted by molar-refractivity contribution is 6.09. The highest BCUT2D eigenvalue weighted by Crippen LogP contribution is 2.45. The van der Waals surface area contributed by atoms with Crippen molar-refractivity contribution in [1.82, 2.24) is 0 Å². The largest absolute Gasteiger partial charge is 0.484 e. The van der Waals surface area contributed by atoms with Crippen molar-refractivity contribution < 1.29 is 14.1 Å². The number of para-hydroxylation sites is 2. The van der Waals surface area contributed by atoms with E-state index in [2.05, 4.69) is 188 Å². The lowest BCUT2D eigenvalue weighted by Gasteiger charge is -2.26. The van der Waals surface area contributed by atoms with Crippen molar-refractivity contribution in [2.24, 2.45) is 0 Å². The van der Waals surface area contributed by atoms with Crippen LogP contribution >= 0.6 is 0 Å². The highest BCUT2D eigenvalue weighted by Gasteiger charge is 2.37. The molecular formula is C54H40NO2+. The fraction of sp³-hybridized carbons (Fsp3) is 0.0741. The van der Waals surface area contributed by atoms with Crippen LogP contribution in [0.25, 0.3) is 55.3 Å². The minimum absolute atomic E-state index is 0.0232. The fourth-order valence-electron chi connectivity index (χ4n) is 9.02. The van der Waals surface area contributed by atoms with Crippen molar-refractivity contribution >= 4 is 39.0 Å². The topological polar surface area (TPSA) is 26.8 Å². The number of ether oxygens (including phenoxy) is 1. The van der Waals surface area contributed by atoms with Crippen LogP contribution in [0.3, 0.4) is 0 Å². The Morgan fingerprint density at radius 3 is 1.84 bits per heavy atom. The molecule has 1 aliphatic heterocycles. The highest BCUT2D eigenvalue weighted by atomic mass is 16.5. The van der Waals surface area contributed by atoms with E-state index in [0.29, 0.717) is 0 Å². The van der Waals surface area contributed by atoms with Gasteiger partial charge in [0, 0.05) is 69.8 Å². The lowest BCUT2D eigenvalue weighted by atomic mass is 9.82. The van der Waals surface area contributed by atoms with Crippen molar-refractivity contribution in [2.45, 2.75) is 24.9 Å². The molecule has 0 bridgehead atoms. The summed E-state index contributed by atoms with van der Waals surface area (Å²) in [5.41, 5.74) is 16.4. The van der Waals surface area contributed by atoms with Crippen molar-refractivity contribution in [3.05, 3.63) is 223 Å². The summed E-state index contributed by atoms with van der Waals surface area (Å²) in [6.45, 7) is 0. The Labute approximate surface area is 332 Å². The Morgan fingerprint density at radius 1 is 0.526 bits per heavy atom. The molecule has 0 saturated carbocycles. The van der Waals surface area contributed by atoms with Gasteiger partial charge in [0.15, 0.2) is 0 Å². The van der Waals surface area contributed by atoms with E-state index in [9.17, 15) is 0 Å². The smallest absolute Gasteiger partial charge is 0.143 e. The van der Waals surface area contributed by atoms with Gasteiger partial charge in [0.1, 0.15) is 40.1 Å². The first kappa shape index (κ1) is 33.4. The van der Waals surface area contributed by atoms with Gasteiger partial charge in [0.05, 0.1) is 0 Å². The van der Waals surface area contributed by atoms with Gasteiger partial charge in [-0.2, -0.15) is 0 Å². The second-order valence-electron chi connectivity index (χ2n) is 15.2. The van der Waals surface area contributed by atoms with E-state index >= 15 is 0 Å². The lowest BCUT2D eigenvalue weighted by molar-refractivity contribution is -0.681. The quantitative estimate of drug-likeness (QED) is 0.176. The second kappa shape index (κ2) is 14.0. The zero-order chi connectivity index (χ0) is 37.7. The van der Waals surface area contributed by atoms with Gasteiger partial charge in [-0.25, -0.2) is 4.90 Å². The molecule has 2 heterocycles.